The third kappa shape index (κ3) is 1.43. The third-order valence-electron chi connectivity index (χ3n) is 2.33. The third-order valence-corrected chi connectivity index (χ3v) is 2.33. The van der Waals surface area contributed by atoms with Gasteiger partial charge in [0.25, 0.3) is 0 Å². The van der Waals surface area contributed by atoms with E-state index in [1.54, 1.807) is 0 Å². The Morgan fingerprint density at radius 3 is 2.44 bits per heavy atom. The first-order valence-corrected chi connectivity index (χ1v) is 3.67. The minimum atomic E-state index is -0.0851. The molecule has 1 saturated carbocycles. The topological polar surface area (TPSA) is 52.0 Å². The van der Waals surface area contributed by atoms with E-state index in [0.717, 1.165) is 12.8 Å². The number of hydrogen-bond donors (Lipinski definition) is 2. The van der Waals surface area contributed by atoms with Gasteiger partial charge in [0.1, 0.15) is 0 Å². The van der Waals surface area contributed by atoms with Crippen molar-refractivity contribution in [3.05, 3.63) is 0 Å². The van der Waals surface area contributed by atoms with Crippen LogP contribution < -0.4 is 11.5 Å². The van der Waals surface area contributed by atoms with E-state index in [4.69, 9.17) is 11.5 Å². The van der Waals surface area contributed by atoms with Crippen molar-refractivity contribution in [3.63, 3.8) is 0 Å². The molecule has 0 heterocycles. The van der Waals surface area contributed by atoms with E-state index >= 15 is 0 Å². The monoisotopic (exact) mass is 128 g/mol. The molecule has 54 valence electrons. The second-order valence-electron chi connectivity index (χ2n) is 3.36. The summed E-state index contributed by atoms with van der Waals surface area (Å²) in [7, 11) is 0. The van der Waals surface area contributed by atoms with Crippen molar-refractivity contribution in [3.8, 4) is 0 Å². The molecule has 2 atom stereocenters. The molecule has 0 spiro atoms. The SMILES string of the molecule is C[C@@]1(N)CCCC[C@H]1N. The van der Waals surface area contributed by atoms with Crippen molar-refractivity contribution >= 4 is 0 Å². The van der Waals surface area contributed by atoms with Gasteiger partial charge in [-0.15, -0.1) is 0 Å². The standard InChI is InChI=1S/C7H16N2/c1-7(9)5-3-2-4-6(7)8/h6H,2-5,8-9H2,1H3/t6-,7-/m1/s1. The van der Waals surface area contributed by atoms with E-state index in [1.807, 2.05) is 0 Å². The van der Waals surface area contributed by atoms with E-state index in [-0.39, 0.29) is 11.6 Å². The molecule has 0 amide bonds. The Bertz CT molecular complexity index is 99.1. The summed E-state index contributed by atoms with van der Waals surface area (Å²) in [4.78, 5) is 0. The fourth-order valence-corrected chi connectivity index (χ4v) is 1.39. The Morgan fingerprint density at radius 1 is 1.44 bits per heavy atom. The van der Waals surface area contributed by atoms with Crippen LogP contribution in [0.1, 0.15) is 32.6 Å². The average molecular weight is 128 g/mol. The Hall–Kier alpha value is -0.0800. The highest BCUT2D eigenvalue weighted by molar-refractivity contribution is 4.92. The predicted octanol–water partition coefficient (Wildman–Crippen LogP) is 0.605. The molecule has 1 rings (SSSR count). The van der Waals surface area contributed by atoms with Crippen LogP contribution in [0.4, 0.5) is 0 Å². The van der Waals surface area contributed by atoms with Gasteiger partial charge in [-0.25, -0.2) is 0 Å². The fourth-order valence-electron chi connectivity index (χ4n) is 1.39. The van der Waals surface area contributed by atoms with E-state index in [1.165, 1.54) is 12.8 Å². The molecule has 0 bridgehead atoms. The Labute approximate surface area is 56.6 Å². The zero-order valence-corrected chi connectivity index (χ0v) is 6.06. The van der Waals surface area contributed by atoms with Crippen LogP contribution in [0.25, 0.3) is 0 Å². The molecule has 0 aromatic rings. The summed E-state index contributed by atoms with van der Waals surface area (Å²) in [5, 5.41) is 0. The van der Waals surface area contributed by atoms with Crippen molar-refractivity contribution in [2.75, 3.05) is 0 Å². The number of hydrogen-bond acceptors (Lipinski definition) is 2. The van der Waals surface area contributed by atoms with E-state index in [0.29, 0.717) is 0 Å². The van der Waals surface area contributed by atoms with Crippen LogP contribution >= 0.6 is 0 Å². The molecule has 9 heavy (non-hydrogen) atoms. The van der Waals surface area contributed by atoms with Crippen LogP contribution in [0.3, 0.4) is 0 Å². The van der Waals surface area contributed by atoms with Gasteiger partial charge in [0.05, 0.1) is 0 Å². The first-order chi connectivity index (χ1) is 4.13. The Morgan fingerprint density at radius 2 is 2.11 bits per heavy atom. The maximum absolute atomic E-state index is 5.90. The van der Waals surface area contributed by atoms with E-state index < -0.39 is 0 Å². The molecule has 0 saturated heterocycles. The summed E-state index contributed by atoms with van der Waals surface area (Å²) >= 11 is 0. The van der Waals surface area contributed by atoms with Crippen molar-refractivity contribution in [1.82, 2.24) is 0 Å². The molecule has 1 aliphatic rings. The molecule has 0 radical (unpaired) electrons. The summed E-state index contributed by atoms with van der Waals surface area (Å²) in [5.74, 6) is 0. The first-order valence-electron chi connectivity index (χ1n) is 3.67. The first kappa shape index (κ1) is 7.03. The molecule has 0 aromatic heterocycles. The average Bonchev–Trinajstić information content (AvgIpc) is 1.77. The van der Waals surface area contributed by atoms with Gasteiger partial charge in [-0.3, -0.25) is 0 Å². The lowest BCUT2D eigenvalue weighted by molar-refractivity contribution is 0.276. The zero-order valence-electron chi connectivity index (χ0n) is 6.06. The molecule has 0 aromatic carbocycles. The van der Waals surface area contributed by atoms with E-state index in [9.17, 15) is 0 Å². The van der Waals surface area contributed by atoms with Gasteiger partial charge in [0.2, 0.25) is 0 Å². The number of rotatable bonds is 0. The number of nitrogens with two attached hydrogens (primary N) is 2. The van der Waals surface area contributed by atoms with Gasteiger partial charge in [0, 0.05) is 11.6 Å². The molecule has 1 fully saturated rings. The fraction of sp³-hybridized carbons (Fsp3) is 1.00. The van der Waals surface area contributed by atoms with E-state index in [2.05, 4.69) is 6.92 Å². The molecule has 2 nitrogen and oxygen atoms in total. The lowest BCUT2D eigenvalue weighted by atomic mass is 9.80. The van der Waals surface area contributed by atoms with Gasteiger partial charge in [-0.1, -0.05) is 12.8 Å². The molecule has 0 unspecified atom stereocenters. The highest BCUT2D eigenvalue weighted by Crippen LogP contribution is 2.23. The van der Waals surface area contributed by atoms with Gasteiger partial charge in [-0.2, -0.15) is 0 Å². The van der Waals surface area contributed by atoms with Crippen LogP contribution in [0, 0.1) is 0 Å². The summed E-state index contributed by atoms with van der Waals surface area (Å²) in [6.07, 6.45) is 4.70. The molecular weight excluding hydrogens is 112 g/mol. The minimum absolute atomic E-state index is 0.0851. The largest absolute Gasteiger partial charge is 0.326 e. The summed E-state index contributed by atoms with van der Waals surface area (Å²) in [5.41, 5.74) is 11.6. The molecule has 2 heteroatoms. The Balaban J connectivity index is 2.49. The maximum atomic E-state index is 5.90. The van der Waals surface area contributed by atoms with Crippen LogP contribution in [0.5, 0.6) is 0 Å². The van der Waals surface area contributed by atoms with Crippen LogP contribution in [0.2, 0.25) is 0 Å². The van der Waals surface area contributed by atoms with Crippen molar-refractivity contribution < 1.29 is 0 Å². The van der Waals surface area contributed by atoms with Crippen LogP contribution in [0.15, 0.2) is 0 Å². The predicted molar refractivity (Wildman–Crippen MR) is 39.0 cm³/mol. The van der Waals surface area contributed by atoms with Crippen molar-refractivity contribution in [2.45, 2.75) is 44.2 Å². The molecule has 1 aliphatic carbocycles. The molecule has 0 aliphatic heterocycles. The van der Waals surface area contributed by atoms with Crippen LogP contribution in [-0.4, -0.2) is 11.6 Å². The lowest BCUT2D eigenvalue weighted by Crippen LogP contribution is -2.54. The highest BCUT2D eigenvalue weighted by atomic mass is 14.8. The van der Waals surface area contributed by atoms with Gasteiger partial charge < -0.3 is 11.5 Å². The van der Waals surface area contributed by atoms with Crippen molar-refractivity contribution in [2.24, 2.45) is 11.5 Å². The molecular formula is C7H16N2. The van der Waals surface area contributed by atoms with Gasteiger partial charge in [0.15, 0.2) is 0 Å². The minimum Gasteiger partial charge on any atom is -0.326 e. The van der Waals surface area contributed by atoms with Gasteiger partial charge >= 0.3 is 0 Å². The van der Waals surface area contributed by atoms with Crippen LogP contribution in [-0.2, 0) is 0 Å². The molecule has 4 N–H and O–H groups in total. The smallest absolute Gasteiger partial charge is 0.0279 e. The zero-order chi connectivity index (χ0) is 6.91. The quantitative estimate of drug-likeness (QED) is 0.502. The maximum Gasteiger partial charge on any atom is 0.0279 e. The summed E-state index contributed by atoms with van der Waals surface area (Å²) in [6, 6.07) is 0.228. The summed E-state index contributed by atoms with van der Waals surface area (Å²) in [6.45, 7) is 2.05. The lowest BCUT2D eigenvalue weighted by Gasteiger charge is -2.35. The normalized spacial score (nSPS) is 45.0. The Kier molecular flexibility index (Phi) is 1.78. The second-order valence-corrected chi connectivity index (χ2v) is 3.36. The highest BCUT2D eigenvalue weighted by Gasteiger charge is 2.29. The van der Waals surface area contributed by atoms with Gasteiger partial charge in [-0.05, 0) is 19.8 Å². The second kappa shape index (κ2) is 2.27. The summed E-state index contributed by atoms with van der Waals surface area (Å²) < 4.78 is 0. The van der Waals surface area contributed by atoms with Crippen molar-refractivity contribution in [1.29, 1.82) is 0 Å².